The van der Waals surface area contributed by atoms with Gasteiger partial charge in [0.05, 0.1) is 21.8 Å². The average molecular weight is 826 g/mol. The molecule has 7 rings (SSSR count). The minimum absolute atomic E-state index is 0.0850. The highest BCUT2D eigenvalue weighted by atomic mass is 79.9. The van der Waals surface area contributed by atoms with Crippen LogP contribution in [0.25, 0.3) is 0 Å². The monoisotopic (exact) mass is 824 g/mol. The van der Waals surface area contributed by atoms with Gasteiger partial charge in [-0.1, -0.05) is 101 Å². The molecule has 2 aliphatic rings. The summed E-state index contributed by atoms with van der Waals surface area (Å²) in [4.78, 5) is 54.2. The molecular formula is C41H36BrN3O7PS+. The number of nitrogens with zero attached hydrogens (tertiary/aromatic N) is 2. The van der Waals surface area contributed by atoms with Gasteiger partial charge in [-0.25, -0.2) is 4.79 Å². The first-order valence-corrected chi connectivity index (χ1v) is 21.4. The SMILES string of the molecule is O=C(Cc1ccccc1)N[C@@]1(C(=O)OCc2ccc([N+](=O)[O-])cc2)C(=O)N2CC(Br)(C[P+](c3ccccc3)(c3ccccc3)c3ccccc3)C[S@](=O)[C@@H]21. The molecule has 2 saturated heterocycles. The van der Waals surface area contributed by atoms with Crippen LogP contribution in [0.2, 0.25) is 0 Å². The number of carbonyl (C=O) groups excluding carboxylic acids is 3. The average Bonchev–Trinajstić information content (AvgIpc) is 3.19. The number of halogens is 1. The Morgan fingerprint density at radius 2 is 1.31 bits per heavy atom. The van der Waals surface area contributed by atoms with E-state index in [1.54, 1.807) is 24.3 Å². The number of carbonyl (C=O) groups is 3. The van der Waals surface area contributed by atoms with E-state index in [-0.39, 0.29) is 31.0 Å². The van der Waals surface area contributed by atoms with Crippen molar-refractivity contribution in [1.82, 2.24) is 10.2 Å². The van der Waals surface area contributed by atoms with Crippen LogP contribution in [0.5, 0.6) is 0 Å². The molecule has 0 radical (unpaired) electrons. The molecule has 5 aromatic rings. The zero-order valence-electron chi connectivity index (χ0n) is 29.0. The summed E-state index contributed by atoms with van der Waals surface area (Å²) in [6, 6.07) is 45.1. The lowest BCUT2D eigenvalue weighted by Gasteiger charge is -2.58. The van der Waals surface area contributed by atoms with E-state index in [0.717, 1.165) is 15.9 Å². The zero-order valence-corrected chi connectivity index (χ0v) is 32.3. The standard InChI is InChI=1S/C41H35BrN3O7PS/c42-40(28-53(33-15-7-2-8-16-33,34-17-9-3-10-18-34)35-19-11-4-12-20-35)27-44-37(47)41(38(44)54(51)29-40,43-36(46)25-30-13-5-1-6-14-30)39(48)52-26-31-21-23-32(24-22-31)45(49)50/h1-24,38H,25-29H2/p+1/t38-,40?,41+,54+/m1/s1. The minimum Gasteiger partial charge on any atom is -0.459 e. The van der Waals surface area contributed by atoms with Crippen LogP contribution in [0.4, 0.5) is 5.69 Å². The summed E-state index contributed by atoms with van der Waals surface area (Å²) < 4.78 is 19.4. The Morgan fingerprint density at radius 1 is 0.815 bits per heavy atom. The number of amides is 2. The van der Waals surface area contributed by atoms with Gasteiger partial charge in [0, 0.05) is 35.2 Å². The third-order valence-corrected chi connectivity index (χ3v) is 18.0. The molecule has 0 bridgehead atoms. The second-order valence-electron chi connectivity index (χ2n) is 13.5. The van der Waals surface area contributed by atoms with Crippen molar-refractivity contribution in [2.45, 2.75) is 28.3 Å². The van der Waals surface area contributed by atoms with Crippen LogP contribution in [0.15, 0.2) is 146 Å². The summed E-state index contributed by atoms with van der Waals surface area (Å²) in [5.74, 6) is -2.26. The largest absolute Gasteiger partial charge is 0.459 e. The van der Waals surface area contributed by atoms with Gasteiger partial charge in [-0.2, -0.15) is 0 Å². The Hall–Kier alpha value is -5.03. The zero-order chi connectivity index (χ0) is 37.9. The second kappa shape index (κ2) is 15.4. The molecule has 2 amide bonds. The Bertz CT molecular complexity index is 2100. The number of nitro benzene ring substituents is 1. The predicted molar refractivity (Wildman–Crippen MR) is 214 cm³/mol. The second-order valence-corrected chi connectivity index (χ2v) is 20.1. The summed E-state index contributed by atoms with van der Waals surface area (Å²) in [7, 11) is -4.29. The van der Waals surface area contributed by atoms with Gasteiger partial charge in [-0.05, 0) is 59.7 Å². The molecule has 0 aromatic heterocycles. The number of rotatable bonds is 12. The van der Waals surface area contributed by atoms with E-state index in [2.05, 4.69) is 57.6 Å². The van der Waals surface area contributed by atoms with E-state index in [0.29, 0.717) is 17.3 Å². The molecule has 2 heterocycles. The summed E-state index contributed by atoms with van der Waals surface area (Å²) in [5.41, 5.74) is -1.25. The third kappa shape index (κ3) is 7.01. The van der Waals surface area contributed by atoms with Crippen LogP contribution in [-0.4, -0.2) is 65.5 Å². The van der Waals surface area contributed by atoms with Gasteiger partial charge in [0.15, 0.2) is 5.37 Å². The molecule has 54 heavy (non-hydrogen) atoms. The lowest BCUT2D eigenvalue weighted by Crippen LogP contribution is -2.87. The van der Waals surface area contributed by atoms with E-state index in [4.69, 9.17) is 4.74 Å². The molecule has 5 aromatic carbocycles. The first kappa shape index (κ1) is 37.3. The highest BCUT2D eigenvalue weighted by molar-refractivity contribution is 9.10. The van der Waals surface area contributed by atoms with Crippen LogP contribution in [0.3, 0.4) is 0 Å². The van der Waals surface area contributed by atoms with Crippen molar-refractivity contribution >= 4 is 73.4 Å². The molecule has 0 spiro atoms. The molecule has 2 fully saturated rings. The fraction of sp³-hybridized carbons (Fsp3) is 0.195. The molecule has 4 atom stereocenters. The maximum atomic E-state index is 14.6. The summed E-state index contributed by atoms with van der Waals surface area (Å²) in [6.07, 6.45) is 0.393. The number of non-ortho nitro benzene ring substituents is 1. The Labute approximate surface area is 324 Å². The van der Waals surface area contributed by atoms with Crippen molar-refractivity contribution in [3.63, 3.8) is 0 Å². The lowest BCUT2D eigenvalue weighted by atomic mass is 9.86. The van der Waals surface area contributed by atoms with Crippen molar-refractivity contribution < 1.29 is 28.3 Å². The van der Waals surface area contributed by atoms with E-state index < -0.39 is 56.0 Å². The summed E-state index contributed by atoms with van der Waals surface area (Å²) in [6.45, 7) is -0.192. The number of hydrogen-bond acceptors (Lipinski definition) is 7. The van der Waals surface area contributed by atoms with Crippen molar-refractivity contribution in [3.8, 4) is 0 Å². The van der Waals surface area contributed by atoms with Crippen LogP contribution < -0.4 is 21.2 Å². The molecule has 10 nitrogen and oxygen atoms in total. The fourth-order valence-electron chi connectivity index (χ4n) is 7.45. The first-order valence-electron chi connectivity index (χ1n) is 17.2. The molecule has 13 heteroatoms. The number of fused-ring (bicyclic) bond motifs is 1. The lowest BCUT2D eigenvalue weighted by molar-refractivity contribution is -0.384. The summed E-state index contributed by atoms with van der Waals surface area (Å²) >= 11 is 4.03. The van der Waals surface area contributed by atoms with E-state index in [9.17, 15) is 28.7 Å². The Balaban J connectivity index is 1.22. The van der Waals surface area contributed by atoms with E-state index in [1.807, 2.05) is 60.7 Å². The van der Waals surface area contributed by atoms with Crippen LogP contribution >= 0.6 is 23.2 Å². The quantitative estimate of drug-likeness (QED) is 0.0364. The van der Waals surface area contributed by atoms with Gasteiger partial charge in [0.1, 0.15) is 29.8 Å². The molecular weight excluding hydrogens is 789 g/mol. The molecule has 2 aliphatic heterocycles. The van der Waals surface area contributed by atoms with Gasteiger partial charge >= 0.3 is 5.97 Å². The predicted octanol–water partition coefficient (Wildman–Crippen LogP) is 4.79. The normalized spacial score (nSPS) is 22.0. The molecule has 0 aliphatic carbocycles. The third-order valence-electron chi connectivity index (χ3n) is 9.85. The van der Waals surface area contributed by atoms with Crippen LogP contribution in [-0.2, 0) is 42.9 Å². The highest BCUT2D eigenvalue weighted by Crippen LogP contribution is 2.60. The van der Waals surface area contributed by atoms with Gasteiger partial charge in [0.25, 0.3) is 11.6 Å². The number of alkyl halides is 1. The van der Waals surface area contributed by atoms with Gasteiger partial charge in [-0.3, -0.25) is 23.9 Å². The number of esters is 1. The van der Waals surface area contributed by atoms with E-state index >= 15 is 0 Å². The number of benzene rings is 5. The molecule has 0 saturated carbocycles. The van der Waals surface area contributed by atoms with Gasteiger partial charge < -0.3 is 15.0 Å². The number of nitrogens with one attached hydrogen (secondary N) is 1. The van der Waals surface area contributed by atoms with Crippen LogP contribution in [0.1, 0.15) is 11.1 Å². The Kier molecular flexibility index (Phi) is 10.6. The fourth-order valence-corrected chi connectivity index (χ4v) is 16.2. The smallest absolute Gasteiger partial charge is 0.345 e. The van der Waals surface area contributed by atoms with Crippen molar-refractivity contribution in [1.29, 1.82) is 0 Å². The van der Waals surface area contributed by atoms with Crippen LogP contribution in [0, 0.1) is 10.1 Å². The van der Waals surface area contributed by atoms with Crippen molar-refractivity contribution in [2.24, 2.45) is 0 Å². The van der Waals surface area contributed by atoms with E-state index in [1.165, 1.54) is 29.2 Å². The number of β-lactam (4-membered cyclic amide) rings is 1. The van der Waals surface area contributed by atoms with Crippen molar-refractivity contribution in [3.05, 3.63) is 167 Å². The molecule has 274 valence electrons. The Morgan fingerprint density at radius 3 is 1.81 bits per heavy atom. The topological polar surface area (TPSA) is 136 Å². The number of hydrogen-bond donors (Lipinski definition) is 1. The number of ether oxygens (including phenoxy) is 1. The molecule has 1 N–H and O–H groups in total. The summed E-state index contributed by atoms with van der Waals surface area (Å²) in [5, 5.41) is 16.0. The highest BCUT2D eigenvalue weighted by Gasteiger charge is 2.73. The van der Waals surface area contributed by atoms with Gasteiger partial charge in [0.2, 0.25) is 11.4 Å². The van der Waals surface area contributed by atoms with Gasteiger partial charge in [-0.15, -0.1) is 0 Å². The minimum atomic E-state index is -2.45. The maximum absolute atomic E-state index is 14.6. The maximum Gasteiger partial charge on any atom is 0.345 e. The first-order chi connectivity index (χ1) is 26.1. The van der Waals surface area contributed by atoms with Crippen molar-refractivity contribution in [2.75, 3.05) is 18.5 Å². The number of nitro groups is 1. The molecule has 1 unspecified atom stereocenters.